The second kappa shape index (κ2) is 21.4. The van der Waals surface area contributed by atoms with E-state index < -0.39 is 18.2 Å². The molecule has 0 aliphatic rings. The first-order chi connectivity index (χ1) is 14.1. The van der Waals surface area contributed by atoms with Gasteiger partial charge in [-0.3, -0.25) is 0 Å². The van der Waals surface area contributed by atoms with Gasteiger partial charge in [-0.25, -0.2) is 9.59 Å². The van der Waals surface area contributed by atoms with Crippen molar-refractivity contribution in [3.63, 3.8) is 0 Å². The molecule has 0 N–H and O–H groups in total. The molecule has 1 atom stereocenters. The molecule has 0 amide bonds. The molecule has 0 aliphatic heterocycles. The first-order valence-electron chi connectivity index (χ1n) is 12.1. The van der Waals surface area contributed by atoms with Crippen molar-refractivity contribution in [2.45, 2.75) is 130 Å². The van der Waals surface area contributed by atoms with Crippen molar-refractivity contribution in [1.29, 1.82) is 0 Å². The van der Waals surface area contributed by atoms with Gasteiger partial charge in [0.2, 0.25) is 0 Å². The molecular weight excluding hydrogens is 368 g/mol. The van der Waals surface area contributed by atoms with Crippen LogP contribution in [0.4, 0.5) is 4.79 Å². The van der Waals surface area contributed by atoms with Crippen LogP contribution < -0.4 is 0 Å². The van der Waals surface area contributed by atoms with Crippen LogP contribution in [0, 0.1) is 0 Å². The lowest BCUT2D eigenvalue weighted by Crippen LogP contribution is -2.27. The lowest BCUT2D eigenvalue weighted by molar-refractivity contribution is -0.154. The fraction of sp³-hybridized carbons (Fsp3) is 0.917. The Hall–Kier alpha value is -1.26. The molecule has 0 radical (unpaired) electrons. The van der Waals surface area contributed by atoms with Crippen LogP contribution in [0.5, 0.6) is 0 Å². The lowest BCUT2D eigenvalue weighted by atomic mass is 10.1. The largest absolute Gasteiger partial charge is 0.509 e. The fourth-order valence-electron chi connectivity index (χ4n) is 3.14. The van der Waals surface area contributed by atoms with Gasteiger partial charge < -0.3 is 14.2 Å². The molecule has 0 saturated heterocycles. The van der Waals surface area contributed by atoms with E-state index in [4.69, 9.17) is 14.2 Å². The summed E-state index contributed by atoms with van der Waals surface area (Å²) in [6.07, 6.45) is 17.3. The standard InChI is InChI=1S/C24H46O5/c1-4-6-8-10-12-14-16-18-20-27-23(25)22(3)29-24(26)28-21-19-17-15-13-11-9-7-5-2/h22H,4-21H2,1-3H3. The van der Waals surface area contributed by atoms with Crippen LogP contribution in [-0.2, 0) is 19.0 Å². The number of rotatable bonds is 20. The highest BCUT2D eigenvalue weighted by molar-refractivity contribution is 5.76. The van der Waals surface area contributed by atoms with Gasteiger partial charge in [0.15, 0.2) is 6.10 Å². The molecule has 0 aromatic heterocycles. The van der Waals surface area contributed by atoms with Crippen LogP contribution in [0.25, 0.3) is 0 Å². The summed E-state index contributed by atoms with van der Waals surface area (Å²) in [7, 11) is 0. The van der Waals surface area contributed by atoms with Crippen LogP contribution in [0.15, 0.2) is 0 Å². The quantitative estimate of drug-likeness (QED) is 0.154. The fourth-order valence-corrected chi connectivity index (χ4v) is 3.14. The summed E-state index contributed by atoms with van der Waals surface area (Å²) in [6.45, 7) is 6.68. The van der Waals surface area contributed by atoms with Crippen LogP contribution in [0.2, 0.25) is 0 Å². The first-order valence-corrected chi connectivity index (χ1v) is 12.1. The maximum absolute atomic E-state index is 11.9. The lowest BCUT2D eigenvalue weighted by Gasteiger charge is -2.12. The molecule has 0 heterocycles. The van der Waals surface area contributed by atoms with Gasteiger partial charge in [-0.2, -0.15) is 0 Å². The normalized spacial score (nSPS) is 11.8. The Morgan fingerprint density at radius 1 is 0.586 bits per heavy atom. The van der Waals surface area contributed by atoms with Gasteiger partial charge in [-0.15, -0.1) is 0 Å². The number of hydrogen-bond acceptors (Lipinski definition) is 5. The average molecular weight is 415 g/mol. The molecule has 29 heavy (non-hydrogen) atoms. The van der Waals surface area contributed by atoms with Crippen molar-refractivity contribution in [2.24, 2.45) is 0 Å². The monoisotopic (exact) mass is 414 g/mol. The third-order valence-electron chi connectivity index (χ3n) is 5.06. The summed E-state index contributed by atoms with van der Waals surface area (Å²) >= 11 is 0. The van der Waals surface area contributed by atoms with E-state index in [0.717, 1.165) is 25.7 Å². The van der Waals surface area contributed by atoms with Gasteiger partial charge in [0, 0.05) is 0 Å². The first kappa shape index (κ1) is 27.7. The summed E-state index contributed by atoms with van der Waals surface area (Å²) in [4.78, 5) is 23.5. The van der Waals surface area contributed by atoms with Crippen molar-refractivity contribution in [1.82, 2.24) is 0 Å². The zero-order valence-corrected chi connectivity index (χ0v) is 19.3. The minimum absolute atomic E-state index is 0.341. The Morgan fingerprint density at radius 3 is 1.41 bits per heavy atom. The smallest absolute Gasteiger partial charge is 0.463 e. The maximum atomic E-state index is 11.9. The Kier molecular flexibility index (Phi) is 20.5. The second-order valence-corrected chi connectivity index (χ2v) is 7.98. The molecule has 0 aromatic rings. The molecule has 0 spiro atoms. The molecule has 5 heteroatoms. The zero-order chi connectivity index (χ0) is 21.6. The summed E-state index contributed by atoms with van der Waals surface area (Å²) in [5.74, 6) is -0.503. The van der Waals surface area contributed by atoms with Crippen LogP contribution >= 0.6 is 0 Å². The van der Waals surface area contributed by atoms with Crippen molar-refractivity contribution >= 4 is 12.1 Å². The van der Waals surface area contributed by atoms with E-state index in [1.807, 2.05) is 0 Å². The van der Waals surface area contributed by atoms with Gasteiger partial charge in [0.1, 0.15) is 0 Å². The van der Waals surface area contributed by atoms with E-state index in [1.165, 1.54) is 84.0 Å². The van der Waals surface area contributed by atoms with E-state index in [-0.39, 0.29) is 0 Å². The van der Waals surface area contributed by atoms with Crippen molar-refractivity contribution in [2.75, 3.05) is 13.2 Å². The maximum Gasteiger partial charge on any atom is 0.509 e. The van der Waals surface area contributed by atoms with E-state index >= 15 is 0 Å². The van der Waals surface area contributed by atoms with Gasteiger partial charge in [-0.05, 0) is 19.8 Å². The minimum atomic E-state index is -0.921. The molecule has 5 nitrogen and oxygen atoms in total. The van der Waals surface area contributed by atoms with Gasteiger partial charge in [0.05, 0.1) is 13.2 Å². The van der Waals surface area contributed by atoms with E-state index in [0.29, 0.717) is 13.2 Å². The minimum Gasteiger partial charge on any atom is -0.463 e. The average Bonchev–Trinajstić information content (AvgIpc) is 2.71. The molecule has 0 rings (SSSR count). The third kappa shape index (κ3) is 19.8. The Morgan fingerprint density at radius 2 is 0.966 bits per heavy atom. The van der Waals surface area contributed by atoms with Crippen LogP contribution in [-0.4, -0.2) is 31.4 Å². The highest BCUT2D eigenvalue weighted by atomic mass is 16.7. The molecule has 0 aromatic carbocycles. The second-order valence-electron chi connectivity index (χ2n) is 7.98. The predicted octanol–water partition coefficient (Wildman–Crippen LogP) is 7.35. The molecule has 0 saturated carbocycles. The summed E-state index contributed by atoms with van der Waals surface area (Å²) in [5.41, 5.74) is 0. The third-order valence-corrected chi connectivity index (χ3v) is 5.06. The molecule has 0 aliphatic carbocycles. The zero-order valence-electron chi connectivity index (χ0n) is 19.3. The SMILES string of the molecule is CCCCCCCCCCOC(=O)OC(C)C(=O)OCCCCCCCCCC. The molecule has 172 valence electrons. The van der Waals surface area contributed by atoms with E-state index in [2.05, 4.69) is 13.8 Å². The highest BCUT2D eigenvalue weighted by Crippen LogP contribution is 2.10. The topological polar surface area (TPSA) is 61.8 Å². The summed E-state index contributed by atoms with van der Waals surface area (Å²) < 4.78 is 15.2. The van der Waals surface area contributed by atoms with Crippen molar-refractivity contribution < 1.29 is 23.8 Å². The van der Waals surface area contributed by atoms with Gasteiger partial charge in [-0.1, -0.05) is 104 Å². The number of carbonyl (C=O) groups excluding carboxylic acids is 2. The highest BCUT2D eigenvalue weighted by Gasteiger charge is 2.19. The van der Waals surface area contributed by atoms with Crippen molar-refractivity contribution in [3.05, 3.63) is 0 Å². The summed E-state index contributed by atoms with van der Waals surface area (Å²) in [5, 5.41) is 0. The summed E-state index contributed by atoms with van der Waals surface area (Å²) in [6, 6.07) is 0. The number of carbonyl (C=O) groups is 2. The molecule has 0 fully saturated rings. The number of hydrogen-bond donors (Lipinski definition) is 0. The Bertz CT molecular complexity index is 383. The van der Waals surface area contributed by atoms with Crippen LogP contribution in [0.1, 0.15) is 124 Å². The molecule has 1 unspecified atom stereocenters. The number of unbranched alkanes of at least 4 members (excludes halogenated alkanes) is 14. The number of ether oxygens (including phenoxy) is 3. The van der Waals surface area contributed by atoms with Gasteiger partial charge >= 0.3 is 12.1 Å². The van der Waals surface area contributed by atoms with Crippen LogP contribution in [0.3, 0.4) is 0 Å². The Balaban J connectivity index is 3.50. The molecule has 0 bridgehead atoms. The van der Waals surface area contributed by atoms with E-state index in [9.17, 15) is 9.59 Å². The number of esters is 1. The van der Waals surface area contributed by atoms with E-state index in [1.54, 1.807) is 0 Å². The van der Waals surface area contributed by atoms with Gasteiger partial charge in [0.25, 0.3) is 0 Å². The Labute approximate surface area is 179 Å². The predicted molar refractivity (Wildman–Crippen MR) is 118 cm³/mol. The molecular formula is C24H46O5. The van der Waals surface area contributed by atoms with Crippen molar-refractivity contribution in [3.8, 4) is 0 Å².